The molecule has 0 radical (unpaired) electrons. The normalized spacial score (nSPS) is 11.6. The van der Waals surface area contributed by atoms with Crippen molar-refractivity contribution in [1.29, 1.82) is 0 Å². The van der Waals surface area contributed by atoms with Crippen molar-refractivity contribution >= 4 is 49.1 Å². The Bertz CT molecular complexity index is 968. The molecule has 25 heavy (non-hydrogen) atoms. The van der Waals surface area contributed by atoms with E-state index in [9.17, 15) is 0 Å². The van der Waals surface area contributed by atoms with E-state index < -0.39 is 0 Å². The molecule has 0 spiro atoms. The smallest absolute Gasteiger partial charge is 0.0491 e. The van der Waals surface area contributed by atoms with Gasteiger partial charge in [-0.2, -0.15) is 0 Å². The highest BCUT2D eigenvalue weighted by atomic mass is 79.9. The predicted molar refractivity (Wildman–Crippen MR) is 115 cm³/mol. The summed E-state index contributed by atoms with van der Waals surface area (Å²) in [5.74, 6) is 0. The molecule has 4 aromatic rings. The summed E-state index contributed by atoms with van der Waals surface area (Å²) in [4.78, 5) is 1.34. The molecule has 0 saturated carbocycles. The van der Waals surface area contributed by atoms with Crippen LogP contribution >= 0.6 is 27.3 Å². The maximum absolute atomic E-state index is 3.52. The number of para-hydroxylation sites is 1. The Kier molecular flexibility index (Phi) is 5.23. The van der Waals surface area contributed by atoms with Gasteiger partial charge in [-0.3, -0.25) is 0 Å². The van der Waals surface area contributed by atoms with Gasteiger partial charge < -0.3 is 4.57 Å². The molecule has 2 aromatic heterocycles. The van der Waals surface area contributed by atoms with Gasteiger partial charge in [-0.05, 0) is 48.1 Å². The van der Waals surface area contributed by atoms with Gasteiger partial charge in [0, 0.05) is 38.6 Å². The molecule has 0 bridgehead atoms. The molecule has 0 atom stereocenters. The van der Waals surface area contributed by atoms with Crippen molar-refractivity contribution in [2.24, 2.45) is 0 Å². The third-order valence-electron chi connectivity index (χ3n) is 4.84. The Morgan fingerprint density at radius 3 is 2.48 bits per heavy atom. The fourth-order valence-electron chi connectivity index (χ4n) is 3.61. The van der Waals surface area contributed by atoms with Gasteiger partial charge in [-0.25, -0.2) is 0 Å². The Labute approximate surface area is 161 Å². The van der Waals surface area contributed by atoms with Crippen molar-refractivity contribution in [1.82, 2.24) is 4.57 Å². The molecule has 0 fully saturated rings. The zero-order valence-corrected chi connectivity index (χ0v) is 16.7. The quantitative estimate of drug-likeness (QED) is 0.219. The van der Waals surface area contributed by atoms with Gasteiger partial charge in [-0.15, -0.1) is 11.3 Å². The number of hydrogen-bond acceptors (Lipinski definition) is 1. The van der Waals surface area contributed by atoms with E-state index in [1.807, 2.05) is 11.3 Å². The van der Waals surface area contributed by atoms with Crippen LogP contribution < -0.4 is 0 Å². The topological polar surface area (TPSA) is 4.93 Å². The number of rotatable bonds is 7. The molecule has 0 aliphatic heterocycles. The van der Waals surface area contributed by atoms with E-state index in [4.69, 9.17) is 0 Å². The van der Waals surface area contributed by atoms with E-state index in [-0.39, 0.29) is 0 Å². The minimum atomic E-state index is 1.10. The van der Waals surface area contributed by atoms with Gasteiger partial charge in [0.1, 0.15) is 0 Å². The van der Waals surface area contributed by atoms with Crippen LogP contribution in [0.3, 0.4) is 0 Å². The van der Waals surface area contributed by atoms with E-state index in [0.29, 0.717) is 0 Å². The number of thiophene rings is 1. The van der Waals surface area contributed by atoms with Gasteiger partial charge in [0.25, 0.3) is 0 Å². The van der Waals surface area contributed by atoms with E-state index >= 15 is 0 Å². The van der Waals surface area contributed by atoms with Crippen LogP contribution in [0.15, 0.2) is 60.0 Å². The van der Waals surface area contributed by atoms with Gasteiger partial charge in [-0.1, -0.05) is 59.1 Å². The number of alkyl halides is 1. The Hall–Kier alpha value is -1.58. The Balaban J connectivity index is 1.73. The van der Waals surface area contributed by atoms with Crippen LogP contribution in [0.1, 0.15) is 25.7 Å². The molecule has 0 amide bonds. The average Bonchev–Trinajstić information content (AvgIpc) is 3.28. The highest BCUT2D eigenvalue weighted by Crippen LogP contribution is 2.34. The minimum Gasteiger partial charge on any atom is -0.340 e. The molecule has 1 nitrogen and oxygen atoms in total. The number of unbranched alkanes of at least 4 members (excludes halogenated alkanes) is 3. The first-order valence-electron chi connectivity index (χ1n) is 8.99. The number of aryl methyl sites for hydroxylation is 1. The number of hydrogen-bond donors (Lipinski definition) is 0. The summed E-state index contributed by atoms with van der Waals surface area (Å²) in [5.41, 5.74) is 4.05. The number of fused-ring (bicyclic) bond motifs is 3. The Morgan fingerprint density at radius 1 is 0.800 bits per heavy atom. The molecule has 4 rings (SSSR count). The fourth-order valence-corrected chi connectivity index (χ4v) is 4.73. The summed E-state index contributed by atoms with van der Waals surface area (Å²) in [6.45, 7) is 1.10. The second kappa shape index (κ2) is 7.76. The van der Waals surface area contributed by atoms with Gasteiger partial charge in [0.15, 0.2) is 0 Å². The van der Waals surface area contributed by atoms with E-state index in [1.165, 1.54) is 57.9 Å². The summed E-state index contributed by atoms with van der Waals surface area (Å²) in [7, 11) is 0. The van der Waals surface area contributed by atoms with Crippen molar-refractivity contribution in [3.63, 3.8) is 0 Å². The summed E-state index contributed by atoms with van der Waals surface area (Å²) >= 11 is 5.33. The van der Waals surface area contributed by atoms with Crippen LogP contribution in [0.4, 0.5) is 0 Å². The van der Waals surface area contributed by atoms with Crippen LogP contribution in [0.2, 0.25) is 0 Å². The van der Waals surface area contributed by atoms with Crippen molar-refractivity contribution in [3.05, 3.63) is 60.0 Å². The molecule has 0 aliphatic rings. The van der Waals surface area contributed by atoms with Gasteiger partial charge >= 0.3 is 0 Å². The third kappa shape index (κ3) is 3.40. The number of halogens is 1. The predicted octanol–water partition coefficient (Wildman–Crippen LogP) is 7.48. The molecule has 2 aromatic carbocycles. The molecule has 2 heterocycles. The summed E-state index contributed by atoms with van der Waals surface area (Å²) in [6, 6.07) is 20.1. The monoisotopic (exact) mass is 411 g/mol. The number of nitrogens with zero attached hydrogens (tertiary/aromatic N) is 1. The summed E-state index contributed by atoms with van der Waals surface area (Å²) < 4.78 is 2.51. The van der Waals surface area contributed by atoms with E-state index in [2.05, 4.69) is 80.5 Å². The van der Waals surface area contributed by atoms with Crippen LogP contribution in [0.5, 0.6) is 0 Å². The van der Waals surface area contributed by atoms with Crippen LogP contribution in [-0.4, -0.2) is 9.90 Å². The largest absolute Gasteiger partial charge is 0.340 e. The van der Waals surface area contributed by atoms with Crippen LogP contribution in [0, 0.1) is 0 Å². The lowest BCUT2D eigenvalue weighted by atomic mass is 10.1. The van der Waals surface area contributed by atoms with E-state index in [0.717, 1.165) is 11.9 Å². The molecule has 0 aliphatic carbocycles. The highest BCUT2D eigenvalue weighted by molar-refractivity contribution is 9.09. The zero-order chi connectivity index (χ0) is 17.1. The van der Waals surface area contributed by atoms with Gasteiger partial charge in [0.05, 0.1) is 0 Å². The Morgan fingerprint density at radius 2 is 1.64 bits per heavy atom. The first-order chi connectivity index (χ1) is 12.4. The average molecular weight is 412 g/mol. The molecular formula is C22H22BrNS. The second-order valence-electron chi connectivity index (χ2n) is 6.48. The van der Waals surface area contributed by atoms with Crippen LogP contribution in [-0.2, 0) is 6.54 Å². The molecular weight excluding hydrogens is 390 g/mol. The lowest BCUT2D eigenvalue weighted by Crippen LogP contribution is -1.97. The fraction of sp³-hybridized carbons (Fsp3) is 0.273. The minimum absolute atomic E-state index is 1.10. The van der Waals surface area contributed by atoms with E-state index in [1.54, 1.807) is 0 Å². The third-order valence-corrected chi connectivity index (χ3v) is 6.32. The molecule has 0 unspecified atom stereocenters. The summed E-state index contributed by atoms with van der Waals surface area (Å²) in [6.07, 6.45) is 5.13. The molecule has 128 valence electrons. The highest BCUT2D eigenvalue weighted by Gasteiger charge is 2.11. The second-order valence-corrected chi connectivity index (χ2v) is 8.22. The lowest BCUT2D eigenvalue weighted by Gasteiger charge is -2.07. The van der Waals surface area contributed by atoms with Gasteiger partial charge in [0.2, 0.25) is 0 Å². The maximum Gasteiger partial charge on any atom is 0.0491 e. The van der Waals surface area contributed by atoms with Crippen LogP contribution in [0.25, 0.3) is 32.2 Å². The zero-order valence-electron chi connectivity index (χ0n) is 14.2. The first kappa shape index (κ1) is 16.9. The SMILES string of the molecule is BrCCCCCCn1c2ccccc2c2cc(-c3cccs3)ccc21. The number of benzene rings is 2. The summed E-state index contributed by atoms with van der Waals surface area (Å²) in [5, 5.41) is 6.02. The standard InChI is InChI=1S/C22H22BrNS/c23-13-5-1-2-6-14-24-20-9-4-3-8-18(20)19-16-17(11-12-21(19)24)22-10-7-15-25-22/h3-4,7-12,15-16H,1-2,5-6,13-14H2. The van der Waals surface area contributed by atoms with Crippen molar-refractivity contribution < 1.29 is 0 Å². The van der Waals surface area contributed by atoms with Crippen molar-refractivity contribution in [2.75, 3.05) is 5.33 Å². The molecule has 0 N–H and O–H groups in total. The van der Waals surface area contributed by atoms with Crippen molar-refractivity contribution in [2.45, 2.75) is 32.2 Å². The molecule has 0 saturated heterocycles. The maximum atomic E-state index is 3.52. The lowest BCUT2D eigenvalue weighted by molar-refractivity contribution is 0.605. The molecule has 3 heteroatoms. The number of aromatic nitrogens is 1. The van der Waals surface area contributed by atoms with Crippen molar-refractivity contribution in [3.8, 4) is 10.4 Å². The first-order valence-corrected chi connectivity index (χ1v) is 11.0.